The zero-order valence-electron chi connectivity index (χ0n) is 10.6. The molecular weight excluding hydrogens is 238 g/mol. The molecule has 0 aromatic carbocycles. The Balaban J connectivity index is 2.58. The first kappa shape index (κ1) is 14.1. The van der Waals surface area contributed by atoms with Gasteiger partial charge in [-0.05, 0) is 39.2 Å². The van der Waals surface area contributed by atoms with Crippen LogP contribution in [0.2, 0.25) is 0 Å². The lowest BCUT2D eigenvalue weighted by molar-refractivity contribution is 0.0659. The molecule has 0 bridgehead atoms. The molecule has 0 aliphatic rings. The van der Waals surface area contributed by atoms with Gasteiger partial charge < -0.3 is 14.8 Å². The van der Waals surface area contributed by atoms with Crippen LogP contribution in [0.1, 0.15) is 43.1 Å². The molecule has 2 N–H and O–H groups in total. The van der Waals surface area contributed by atoms with Crippen LogP contribution >= 0.6 is 11.8 Å². The number of hydrogen-bond donors (Lipinski definition) is 2. The van der Waals surface area contributed by atoms with Crippen LogP contribution in [-0.2, 0) is 0 Å². The van der Waals surface area contributed by atoms with E-state index in [1.54, 1.807) is 17.8 Å². The molecule has 1 atom stereocenters. The van der Waals surface area contributed by atoms with Crippen LogP contribution in [-0.4, -0.2) is 28.6 Å². The van der Waals surface area contributed by atoms with Crippen LogP contribution in [0.25, 0.3) is 0 Å². The summed E-state index contributed by atoms with van der Waals surface area (Å²) in [4.78, 5) is 10.7. The van der Waals surface area contributed by atoms with Gasteiger partial charge in [0.25, 0.3) is 0 Å². The maximum atomic E-state index is 10.7. The topological polar surface area (TPSA) is 62.5 Å². The van der Waals surface area contributed by atoms with Gasteiger partial charge in [-0.3, -0.25) is 0 Å². The van der Waals surface area contributed by atoms with Crippen molar-refractivity contribution >= 4 is 17.7 Å². The van der Waals surface area contributed by atoms with E-state index in [2.05, 4.69) is 25.4 Å². The Morgan fingerprint density at radius 3 is 2.71 bits per heavy atom. The summed E-state index contributed by atoms with van der Waals surface area (Å²) >= 11 is 1.79. The number of thioether (sulfide) groups is 1. The summed E-state index contributed by atoms with van der Waals surface area (Å²) in [7, 11) is 0. The van der Waals surface area contributed by atoms with Crippen LogP contribution in [0.15, 0.2) is 16.5 Å². The van der Waals surface area contributed by atoms with Gasteiger partial charge in [0.1, 0.15) is 5.76 Å². The lowest BCUT2D eigenvalue weighted by atomic mass is 10.2. The minimum Gasteiger partial charge on any atom is -0.475 e. The molecule has 0 aliphatic heterocycles. The van der Waals surface area contributed by atoms with E-state index < -0.39 is 5.97 Å². The van der Waals surface area contributed by atoms with Crippen molar-refractivity contribution in [3.8, 4) is 0 Å². The summed E-state index contributed by atoms with van der Waals surface area (Å²) in [6, 6.07) is 3.19. The molecule has 0 saturated carbocycles. The maximum Gasteiger partial charge on any atom is 0.371 e. The average Bonchev–Trinajstić information content (AvgIpc) is 2.75. The lowest BCUT2D eigenvalue weighted by Gasteiger charge is -2.24. The van der Waals surface area contributed by atoms with Crippen LogP contribution in [0.5, 0.6) is 0 Å². The zero-order chi connectivity index (χ0) is 13.1. The number of aromatic carboxylic acids is 1. The first-order chi connectivity index (χ1) is 7.85. The SMILES string of the molecule is CSC(C)(C)CNC(C)c1ccc(C(=O)O)o1. The van der Waals surface area contributed by atoms with Crippen LogP contribution in [0.3, 0.4) is 0 Å². The molecule has 5 heteroatoms. The third-order valence-corrected chi connectivity index (χ3v) is 3.90. The highest BCUT2D eigenvalue weighted by molar-refractivity contribution is 7.99. The monoisotopic (exact) mass is 257 g/mol. The third kappa shape index (κ3) is 4.09. The van der Waals surface area contributed by atoms with E-state index >= 15 is 0 Å². The van der Waals surface area contributed by atoms with Crippen molar-refractivity contribution in [1.29, 1.82) is 0 Å². The largest absolute Gasteiger partial charge is 0.475 e. The Morgan fingerprint density at radius 2 is 2.24 bits per heavy atom. The third-order valence-electron chi connectivity index (χ3n) is 2.65. The van der Waals surface area contributed by atoms with E-state index in [-0.39, 0.29) is 16.5 Å². The standard InChI is InChI=1S/C12H19NO3S/c1-8(13-7-12(2,3)17-4)9-5-6-10(16-9)11(14)15/h5-6,8,13H,7H2,1-4H3,(H,14,15). The van der Waals surface area contributed by atoms with Gasteiger partial charge in [0.05, 0.1) is 6.04 Å². The molecule has 96 valence electrons. The highest BCUT2D eigenvalue weighted by Crippen LogP contribution is 2.22. The summed E-state index contributed by atoms with van der Waals surface area (Å²) < 4.78 is 5.39. The van der Waals surface area contributed by atoms with E-state index in [0.29, 0.717) is 5.76 Å². The number of nitrogens with one attached hydrogen (secondary N) is 1. The predicted octanol–water partition coefficient (Wildman–Crippen LogP) is 2.77. The van der Waals surface area contributed by atoms with Gasteiger partial charge in [-0.1, -0.05) is 0 Å². The number of carboxylic acid groups (broad SMARTS) is 1. The van der Waals surface area contributed by atoms with E-state index in [1.807, 2.05) is 6.92 Å². The molecule has 0 saturated heterocycles. The second-order valence-electron chi connectivity index (χ2n) is 4.57. The fraction of sp³-hybridized carbons (Fsp3) is 0.583. The second kappa shape index (κ2) is 5.60. The first-order valence-electron chi connectivity index (χ1n) is 5.47. The summed E-state index contributed by atoms with van der Waals surface area (Å²) in [5.41, 5.74) is 0. The zero-order valence-corrected chi connectivity index (χ0v) is 11.4. The molecule has 1 aromatic rings. The molecule has 0 radical (unpaired) electrons. The molecule has 1 aromatic heterocycles. The minimum atomic E-state index is -1.03. The van der Waals surface area contributed by atoms with Gasteiger partial charge in [-0.25, -0.2) is 4.79 Å². The Kier molecular flexibility index (Phi) is 4.65. The maximum absolute atomic E-state index is 10.7. The van der Waals surface area contributed by atoms with Gasteiger partial charge in [-0.2, -0.15) is 11.8 Å². The molecule has 1 rings (SSSR count). The molecule has 0 fully saturated rings. The molecule has 1 heterocycles. The number of hydrogen-bond acceptors (Lipinski definition) is 4. The van der Waals surface area contributed by atoms with Gasteiger partial charge >= 0.3 is 5.97 Å². The molecule has 0 spiro atoms. The van der Waals surface area contributed by atoms with E-state index in [0.717, 1.165) is 6.54 Å². The average molecular weight is 257 g/mol. The number of furan rings is 1. The molecule has 0 aliphatic carbocycles. The fourth-order valence-electron chi connectivity index (χ4n) is 1.27. The Morgan fingerprint density at radius 1 is 1.59 bits per heavy atom. The van der Waals surface area contributed by atoms with Crippen LogP contribution in [0.4, 0.5) is 0 Å². The fourth-order valence-corrected chi connectivity index (χ4v) is 1.50. The summed E-state index contributed by atoms with van der Waals surface area (Å²) in [5, 5.41) is 12.1. The van der Waals surface area contributed by atoms with E-state index in [4.69, 9.17) is 9.52 Å². The van der Waals surface area contributed by atoms with Crippen molar-refractivity contribution in [3.05, 3.63) is 23.7 Å². The molecule has 17 heavy (non-hydrogen) atoms. The molecule has 4 nitrogen and oxygen atoms in total. The molecule has 1 unspecified atom stereocenters. The van der Waals surface area contributed by atoms with Crippen molar-refractivity contribution in [2.75, 3.05) is 12.8 Å². The first-order valence-corrected chi connectivity index (χ1v) is 6.70. The number of carboxylic acids is 1. The van der Waals surface area contributed by atoms with E-state index in [1.165, 1.54) is 6.07 Å². The van der Waals surface area contributed by atoms with Gasteiger partial charge in [-0.15, -0.1) is 0 Å². The van der Waals surface area contributed by atoms with Crippen molar-refractivity contribution < 1.29 is 14.3 Å². The Hall–Kier alpha value is -0.940. The summed E-state index contributed by atoms with van der Waals surface area (Å²) in [6.07, 6.45) is 2.07. The van der Waals surface area contributed by atoms with E-state index in [9.17, 15) is 4.79 Å². The van der Waals surface area contributed by atoms with Crippen LogP contribution in [0, 0.1) is 0 Å². The number of carbonyl (C=O) groups is 1. The highest BCUT2D eigenvalue weighted by Gasteiger charge is 2.19. The minimum absolute atomic E-state index is 0.00882. The van der Waals surface area contributed by atoms with Crippen molar-refractivity contribution in [3.63, 3.8) is 0 Å². The molecular formula is C12H19NO3S. The smallest absolute Gasteiger partial charge is 0.371 e. The van der Waals surface area contributed by atoms with Crippen molar-refractivity contribution in [2.24, 2.45) is 0 Å². The lowest BCUT2D eigenvalue weighted by Crippen LogP contribution is -2.33. The Bertz CT molecular complexity index is 387. The highest BCUT2D eigenvalue weighted by atomic mass is 32.2. The van der Waals surface area contributed by atoms with Crippen molar-refractivity contribution in [2.45, 2.75) is 31.6 Å². The number of rotatable bonds is 6. The van der Waals surface area contributed by atoms with Gasteiger partial charge in [0.15, 0.2) is 0 Å². The quantitative estimate of drug-likeness (QED) is 0.820. The predicted molar refractivity (Wildman–Crippen MR) is 69.7 cm³/mol. The Labute approximate surface area is 106 Å². The second-order valence-corrected chi connectivity index (χ2v) is 6.09. The van der Waals surface area contributed by atoms with Crippen molar-refractivity contribution in [1.82, 2.24) is 5.32 Å². The van der Waals surface area contributed by atoms with Gasteiger partial charge in [0, 0.05) is 11.3 Å². The summed E-state index contributed by atoms with van der Waals surface area (Å²) in [6.45, 7) is 7.10. The normalized spacial score (nSPS) is 13.6. The molecule has 0 amide bonds. The van der Waals surface area contributed by atoms with Gasteiger partial charge in [0.2, 0.25) is 5.76 Å². The van der Waals surface area contributed by atoms with Crippen LogP contribution < -0.4 is 5.32 Å². The summed E-state index contributed by atoms with van der Waals surface area (Å²) in [5.74, 6) is -0.398.